The number of H-pyrrole nitrogens is 1. The number of pyridine rings is 1. The van der Waals surface area contributed by atoms with Crippen LogP contribution in [0.5, 0.6) is 0 Å². The maximum Gasteiger partial charge on any atom is 0.272 e. The lowest BCUT2D eigenvalue weighted by Crippen LogP contribution is -2.40. The lowest BCUT2D eigenvalue weighted by molar-refractivity contribution is -0.0221. The maximum atomic E-state index is 13.3. The molecule has 0 atom stereocenters. The van der Waals surface area contributed by atoms with Crippen LogP contribution in [0.15, 0.2) is 29.3 Å². The summed E-state index contributed by atoms with van der Waals surface area (Å²) in [5.74, 6) is -2.09. The standard InChI is InChI=1S/C14H13ClF2N4O/c15-10-12(21-7-3-14(16,17)4-8-21)19-11(20-13(10)22)9-1-5-18-6-2-9/h1-2,5-6H,3-4,7-8H2,(H,19,20,22). The zero-order valence-corrected chi connectivity index (χ0v) is 12.3. The van der Waals surface area contributed by atoms with E-state index in [1.807, 2.05) is 0 Å². The number of hydrogen-bond acceptors (Lipinski definition) is 4. The predicted molar refractivity (Wildman–Crippen MR) is 79.5 cm³/mol. The lowest BCUT2D eigenvalue weighted by Gasteiger charge is -2.32. The Labute approximate surface area is 130 Å². The molecule has 1 aliphatic rings. The van der Waals surface area contributed by atoms with Crippen LogP contribution in [0.25, 0.3) is 11.4 Å². The quantitative estimate of drug-likeness (QED) is 0.921. The second-order valence-electron chi connectivity index (χ2n) is 5.13. The average Bonchev–Trinajstić information content (AvgIpc) is 2.51. The summed E-state index contributed by atoms with van der Waals surface area (Å²) in [5, 5.41) is -0.0805. The van der Waals surface area contributed by atoms with Gasteiger partial charge < -0.3 is 9.88 Å². The van der Waals surface area contributed by atoms with Gasteiger partial charge in [-0.3, -0.25) is 9.78 Å². The second-order valence-corrected chi connectivity index (χ2v) is 5.51. The number of alkyl halides is 2. The van der Waals surface area contributed by atoms with Gasteiger partial charge >= 0.3 is 0 Å². The Hall–Kier alpha value is -2.02. The molecule has 22 heavy (non-hydrogen) atoms. The van der Waals surface area contributed by atoms with Crippen LogP contribution in [-0.4, -0.2) is 34.0 Å². The Morgan fingerprint density at radius 2 is 1.86 bits per heavy atom. The first kappa shape index (κ1) is 14.9. The van der Waals surface area contributed by atoms with Crippen molar-refractivity contribution in [1.29, 1.82) is 0 Å². The first-order chi connectivity index (χ1) is 10.5. The van der Waals surface area contributed by atoms with Crippen molar-refractivity contribution in [3.05, 3.63) is 39.9 Å². The second kappa shape index (κ2) is 5.64. The minimum Gasteiger partial charge on any atom is -0.355 e. The summed E-state index contributed by atoms with van der Waals surface area (Å²) in [6.45, 7) is 0.220. The van der Waals surface area contributed by atoms with Crippen LogP contribution in [0, 0.1) is 0 Å². The smallest absolute Gasteiger partial charge is 0.272 e. The number of piperidine rings is 1. The van der Waals surface area contributed by atoms with Gasteiger partial charge in [0.25, 0.3) is 11.5 Å². The van der Waals surface area contributed by atoms with Gasteiger partial charge in [-0.2, -0.15) is 0 Å². The summed E-state index contributed by atoms with van der Waals surface area (Å²) >= 11 is 6.01. The van der Waals surface area contributed by atoms with Crippen molar-refractivity contribution in [3.8, 4) is 11.4 Å². The average molecular weight is 327 g/mol. The van der Waals surface area contributed by atoms with Gasteiger partial charge in [-0.15, -0.1) is 0 Å². The minimum absolute atomic E-state index is 0.0805. The highest BCUT2D eigenvalue weighted by Gasteiger charge is 2.35. The fraction of sp³-hybridized carbons (Fsp3) is 0.357. The van der Waals surface area contributed by atoms with Crippen LogP contribution in [0.4, 0.5) is 14.6 Å². The van der Waals surface area contributed by atoms with Gasteiger partial charge in [-0.1, -0.05) is 11.6 Å². The molecule has 116 valence electrons. The highest BCUT2D eigenvalue weighted by molar-refractivity contribution is 6.32. The van der Waals surface area contributed by atoms with E-state index >= 15 is 0 Å². The van der Waals surface area contributed by atoms with Crippen LogP contribution in [-0.2, 0) is 0 Å². The van der Waals surface area contributed by atoms with E-state index in [2.05, 4.69) is 15.0 Å². The Balaban J connectivity index is 1.98. The third kappa shape index (κ3) is 2.94. The van der Waals surface area contributed by atoms with E-state index in [9.17, 15) is 13.6 Å². The van der Waals surface area contributed by atoms with Crippen LogP contribution in [0.3, 0.4) is 0 Å². The van der Waals surface area contributed by atoms with E-state index < -0.39 is 11.5 Å². The van der Waals surface area contributed by atoms with Gasteiger partial charge in [0.1, 0.15) is 10.8 Å². The van der Waals surface area contributed by atoms with Gasteiger partial charge in [-0.25, -0.2) is 13.8 Å². The van der Waals surface area contributed by atoms with Crippen LogP contribution < -0.4 is 10.5 Å². The van der Waals surface area contributed by atoms with Gasteiger partial charge in [-0.05, 0) is 12.1 Å². The molecule has 0 amide bonds. The molecule has 0 spiro atoms. The number of anilines is 1. The molecule has 1 aliphatic heterocycles. The fourth-order valence-electron chi connectivity index (χ4n) is 2.35. The number of aromatic nitrogens is 3. The molecule has 3 heterocycles. The van der Waals surface area contributed by atoms with E-state index in [-0.39, 0.29) is 36.8 Å². The predicted octanol–water partition coefficient (Wildman–Crippen LogP) is 2.72. The van der Waals surface area contributed by atoms with Crippen molar-refractivity contribution in [1.82, 2.24) is 15.0 Å². The molecule has 5 nitrogen and oxygen atoms in total. The molecule has 0 radical (unpaired) electrons. The molecule has 2 aromatic heterocycles. The summed E-state index contributed by atoms with van der Waals surface area (Å²) in [7, 11) is 0. The molecule has 3 rings (SSSR count). The summed E-state index contributed by atoms with van der Waals surface area (Å²) in [4.78, 5) is 24.4. The Bertz CT molecular complexity index is 725. The normalized spacial score (nSPS) is 17.5. The number of hydrogen-bond donors (Lipinski definition) is 1. The van der Waals surface area contributed by atoms with E-state index in [0.29, 0.717) is 11.4 Å². The Kier molecular flexibility index (Phi) is 3.82. The number of halogens is 3. The van der Waals surface area contributed by atoms with Crippen molar-refractivity contribution < 1.29 is 8.78 Å². The van der Waals surface area contributed by atoms with Gasteiger partial charge in [0.15, 0.2) is 5.82 Å². The monoisotopic (exact) mass is 326 g/mol. The SMILES string of the molecule is O=c1[nH]c(-c2ccncc2)nc(N2CCC(F)(F)CC2)c1Cl. The number of rotatable bonds is 2. The first-order valence-corrected chi connectivity index (χ1v) is 7.17. The van der Waals surface area contributed by atoms with Gasteiger partial charge in [0.05, 0.1) is 0 Å². The molecule has 8 heteroatoms. The fourth-order valence-corrected chi connectivity index (χ4v) is 2.56. The van der Waals surface area contributed by atoms with Crippen molar-refractivity contribution >= 4 is 17.4 Å². The molecule has 1 saturated heterocycles. The van der Waals surface area contributed by atoms with Gasteiger partial charge in [0, 0.05) is 43.9 Å². The lowest BCUT2D eigenvalue weighted by atomic mass is 10.1. The largest absolute Gasteiger partial charge is 0.355 e. The molecule has 0 saturated carbocycles. The van der Waals surface area contributed by atoms with E-state index in [4.69, 9.17) is 11.6 Å². The van der Waals surface area contributed by atoms with Crippen LogP contribution >= 0.6 is 11.6 Å². The zero-order valence-electron chi connectivity index (χ0n) is 11.5. The zero-order chi connectivity index (χ0) is 15.7. The Morgan fingerprint density at radius 3 is 2.50 bits per heavy atom. The number of aromatic amines is 1. The van der Waals surface area contributed by atoms with Gasteiger partial charge in [0.2, 0.25) is 0 Å². The van der Waals surface area contributed by atoms with Crippen molar-refractivity contribution in [2.45, 2.75) is 18.8 Å². The molecule has 1 fully saturated rings. The Morgan fingerprint density at radius 1 is 1.23 bits per heavy atom. The third-order valence-corrected chi connectivity index (χ3v) is 3.93. The number of nitrogens with one attached hydrogen (secondary N) is 1. The van der Waals surface area contributed by atoms with Crippen LogP contribution in [0.2, 0.25) is 5.02 Å². The van der Waals surface area contributed by atoms with Crippen molar-refractivity contribution in [2.75, 3.05) is 18.0 Å². The molecular weight excluding hydrogens is 314 g/mol. The third-order valence-electron chi connectivity index (χ3n) is 3.59. The topological polar surface area (TPSA) is 61.9 Å². The van der Waals surface area contributed by atoms with E-state index in [1.54, 1.807) is 29.4 Å². The summed E-state index contributed by atoms with van der Waals surface area (Å²) in [6.07, 6.45) is 2.60. The van der Waals surface area contributed by atoms with Crippen molar-refractivity contribution in [2.24, 2.45) is 0 Å². The summed E-state index contributed by atoms with van der Waals surface area (Å²) in [5.41, 5.74) is 0.183. The highest BCUT2D eigenvalue weighted by Crippen LogP contribution is 2.32. The van der Waals surface area contributed by atoms with Crippen LogP contribution in [0.1, 0.15) is 12.8 Å². The highest BCUT2D eigenvalue weighted by atomic mass is 35.5. The molecule has 1 N–H and O–H groups in total. The summed E-state index contributed by atoms with van der Waals surface area (Å²) in [6, 6.07) is 3.39. The van der Waals surface area contributed by atoms with E-state index in [0.717, 1.165) is 0 Å². The summed E-state index contributed by atoms with van der Waals surface area (Å²) < 4.78 is 26.5. The van der Waals surface area contributed by atoms with E-state index in [1.165, 1.54) is 0 Å². The molecule has 0 unspecified atom stereocenters. The maximum absolute atomic E-state index is 13.3. The number of nitrogens with zero attached hydrogens (tertiary/aromatic N) is 3. The first-order valence-electron chi connectivity index (χ1n) is 6.79. The minimum atomic E-state index is -2.67. The molecular formula is C14H13ClF2N4O. The molecule has 0 aromatic carbocycles. The molecule has 0 bridgehead atoms. The molecule has 2 aromatic rings. The van der Waals surface area contributed by atoms with Crippen molar-refractivity contribution in [3.63, 3.8) is 0 Å². The molecule has 0 aliphatic carbocycles.